The molecule has 0 bridgehead atoms. The number of nitro groups is 1. The number of methoxy groups -OCH3 is 1. The quantitative estimate of drug-likeness (QED) is 0.325. The van der Waals surface area contributed by atoms with Crippen LogP contribution in [0.15, 0.2) is 42.7 Å². The van der Waals surface area contributed by atoms with Crippen molar-refractivity contribution < 1.29 is 9.66 Å². The molecule has 0 spiro atoms. The van der Waals surface area contributed by atoms with E-state index in [0.29, 0.717) is 10.9 Å². The van der Waals surface area contributed by atoms with Crippen molar-refractivity contribution in [2.45, 2.75) is 13.8 Å². The molecule has 0 atom stereocenters. The zero-order chi connectivity index (χ0) is 21.3. The van der Waals surface area contributed by atoms with Crippen molar-refractivity contribution in [1.82, 2.24) is 15.0 Å². The van der Waals surface area contributed by atoms with Gasteiger partial charge in [-0.2, -0.15) is 0 Å². The SMILES string of the molecule is COc1ccc2nc(Nc3ncnc(Nc4cc(C)ccc4C)c3[N+](=O)[O-])sc2c1. The van der Waals surface area contributed by atoms with Gasteiger partial charge in [-0.25, -0.2) is 15.0 Å². The molecule has 10 heteroatoms. The molecule has 2 N–H and O–H groups in total. The number of ether oxygens (including phenoxy) is 1. The second-order valence-electron chi connectivity index (χ2n) is 6.60. The first-order chi connectivity index (χ1) is 14.4. The molecule has 152 valence electrons. The van der Waals surface area contributed by atoms with Gasteiger partial charge in [0.25, 0.3) is 0 Å². The van der Waals surface area contributed by atoms with Gasteiger partial charge in [-0.3, -0.25) is 10.1 Å². The average Bonchev–Trinajstić information content (AvgIpc) is 3.12. The highest BCUT2D eigenvalue weighted by molar-refractivity contribution is 7.22. The van der Waals surface area contributed by atoms with Crippen LogP contribution in [-0.4, -0.2) is 27.0 Å². The number of anilines is 4. The lowest BCUT2D eigenvalue weighted by molar-refractivity contribution is -0.383. The number of nitrogens with zero attached hydrogens (tertiary/aromatic N) is 4. The highest BCUT2D eigenvalue weighted by Gasteiger charge is 2.24. The van der Waals surface area contributed by atoms with Crippen molar-refractivity contribution >= 4 is 49.7 Å². The third kappa shape index (κ3) is 3.85. The van der Waals surface area contributed by atoms with Crippen LogP contribution in [0.2, 0.25) is 0 Å². The van der Waals surface area contributed by atoms with E-state index in [1.54, 1.807) is 7.11 Å². The average molecular weight is 422 g/mol. The number of fused-ring (bicyclic) bond motifs is 1. The molecule has 0 fully saturated rings. The molecule has 2 aromatic heterocycles. The largest absolute Gasteiger partial charge is 0.497 e. The van der Waals surface area contributed by atoms with Crippen molar-refractivity contribution in [3.8, 4) is 5.75 Å². The van der Waals surface area contributed by atoms with Crippen LogP contribution in [0.4, 0.5) is 28.1 Å². The van der Waals surface area contributed by atoms with E-state index in [2.05, 4.69) is 25.6 Å². The maximum absolute atomic E-state index is 11.8. The minimum Gasteiger partial charge on any atom is -0.497 e. The fraction of sp³-hybridized carbons (Fsp3) is 0.150. The van der Waals surface area contributed by atoms with Crippen molar-refractivity contribution in [1.29, 1.82) is 0 Å². The number of hydrogen-bond donors (Lipinski definition) is 2. The van der Waals surface area contributed by atoms with Crippen LogP contribution in [-0.2, 0) is 0 Å². The standard InChI is InChI=1S/C20H18N6O3S/c1-11-4-5-12(2)15(8-11)23-18-17(26(27)28)19(22-10-21-18)25-20-24-14-7-6-13(29-3)9-16(14)30-20/h4-10H,1-3H3,(H2,21,22,23,24,25). The Labute approximate surface area is 175 Å². The lowest BCUT2D eigenvalue weighted by Crippen LogP contribution is -2.06. The van der Waals surface area contributed by atoms with Gasteiger partial charge in [-0.15, -0.1) is 0 Å². The van der Waals surface area contributed by atoms with Crippen molar-refractivity contribution in [2.75, 3.05) is 17.7 Å². The van der Waals surface area contributed by atoms with Gasteiger partial charge in [0.15, 0.2) is 5.13 Å². The lowest BCUT2D eigenvalue weighted by atomic mass is 10.1. The van der Waals surface area contributed by atoms with Crippen molar-refractivity contribution in [3.05, 3.63) is 64.0 Å². The fourth-order valence-corrected chi connectivity index (χ4v) is 3.81. The number of aryl methyl sites for hydroxylation is 2. The number of aromatic nitrogens is 3. The molecule has 9 nitrogen and oxygen atoms in total. The molecule has 0 saturated heterocycles. The zero-order valence-corrected chi connectivity index (χ0v) is 17.3. The Hall–Kier alpha value is -3.79. The number of nitrogens with one attached hydrogen (secondary N) is 2. The third-order valence-electron chi connectivity index (χ3n) is 4.47. The predicted octanol–water partition coefficient (Wildman–Crippen LogP) is 5.11. The summed E-state index contributed by atoms with van der Waals surface area (Å²) < 4.78 is 6.12. The molecule has 0 aliphatic carbocycles. The predicted molar refractivity (Wildman–Crippen MR) is 117 cm³/mol. The smallest absolute Gasteiger partial charge is 0.353 e. The second kappa shape index (κ2) is 7.91. The van der Waals surface area contributed by atoms with E-state index in [1.807, 2.05) is 50.2 Å². The molecule has 0 amide bonds. The summed E-state index contributed by atoms with van der Waals surface area (Å²) in [5.74, 6) is 0.883. The van der Waals surface area contributed by atoms with E-state index >= 15 is 0 Å². The Morgan fingerprint density at radius 3 is 2.57 bits per heavy atom. The summed E-state index contributed by atoms with van der Waals surface area (Å²) in [7, 11) is 1.59. The van der Waals surface area contributed by atoms with Gasteiger partial charge in [-0.1, -0.05) is 23.5 Å². The van der Waals surface area contributed by atoms with Gasteiger partial charge in [0.2, 0.25) is 11.6 Å². The monoisotopic (exact) mass is 422 g/mol. The van der Waals surface area contributed by atoms with Crippen LogP contribution >= 0.6 is 11.3 Å². The summed E-state index contributed by atoms with van der Waals surface area (Å²) >= 11 is 1.35. The maximum atomic E-state index is 11.8. The van der Waals surface area contributed by atoms with E-state index < -0.39 is 4.92 Å². The van der Waals surface area contributed by atoms with E-state index in [1.165, 1.54) is 17.7 Å². The van der Waals surface area contributed by atoms with Crippen LogP contribution in [0, 0.1) is 24.0 Å². The van der Waals surface area contributed by atoms with E-state index in [-0.39, 0.29) is 17.3 Å². The minimum absolute atomic E-state index is 0.0637. The molecule has 0 radical (unpaired) electrons. The van der Waals surface area contributed by atoms with Crippen molar-refractivity contribution in [2.24, 2.45) is 0 Å². The Balaban J connectivity index is 1.71. The van der Waals surface area contributed by atoms with Crippen LogP contribution in [0.5, 0.6) is 5.75 Å². The summed E-state index contributed by atoms with van der Waals surface area (Å²) in [6, 6.07) is 11.3. The number of rotatable bonds is 6. The van der Waals surface area contributed by atoms with Gasteiger partial charge in [0.1, 0.15) is 12.1 Å². The molecule has 30 heavy (non-hydrogen) atoms. The summed E-state index contributed by atoms with van der Waals surface area (Å²) in [6.45, 7) is 3.87. The summed E-state index contributed by atoms with van der Waals surface area (Å²) in [4.78, 5) is 24.0. The molecule has 4 rings (SSSR count). The topological polar surface area (TPSA) is 115 Å². The van der Waals surface area contributed by atoms with Crippen LogP contribution < -0.4 is 15.4 Å². The summed E-state index contributed by atoms with van der Waals surface area (Å²) in [6.07, 6.45) is 1.28. The Morgan fingerprint density at radius 1 is 1.07 bits per heavy atom. The number of hydrogen-bond acceptors (Lipinski definition) is 9. The molecular formula is C20H18N6O3S. The molecular weight excluding hydrogens is 404 g/mol. The number of benzene rings is 2. The van der Waals surface area contributed by atoms with Crippen LogP contribution in [0.3, 0.4) is 0 Å². The van der Waals surface area contributed by atoms with E-state index in [9.17, 15) is 10.1 Å². The summed E-state index contributed by atoms with van der Waals surface area (Å²) in [5.41, 5.74) is 3.23. The fourth-order valence-electron chi connectivity index (χ4n) is 2.92. The Morgan fingerprint density at radius 2 is 1.83 bits per heavy atom. The van der Waals surface area contributed by atoms with Crippen LogP contribution in [0.1, 0.15) is 11.1 Å². The van der Waals surface area contributed by atoms with Crippen LogP contribution in [0.25, 0.3) is 10.2 Å². The highest BCUT2D eigenvalue weighted by Crippen LogP contribution is 2.36. The van der Waals surface area contributed by atoms with Gasteiger partial charge >= 0.3 is 5.69 Å². The molecule has 0 aliphatic heterocycles. The molecule has 2 aromatic carbocycles. The highest BCUT2D eigenvalue weighted by atomic mass is 32.1. The summed E-state index contributed by atoms with van der Waals surface area (Å²) in [5, 5.41) is 18.4. The van der Waals surface area contributed by atoms with E-state index in [4.69, 9.17) is 4.74 Å². The third-order valence-corrected chi connectivity index (χ3v) is 5.41. The zero-order valence-electron chi connectivity index (χ0n) is 16.5. The maximum Gasteiger partial charge on any atom is 0.353 e. The normalized spacial score (nSPS) is 10.8. The molecule has 0 aliphatic rings. The lowest BCUT2D eigenvalue weighted by Gasteiger charge is -2.11. The first kappa shape index (κ1) is 19.5. The molecule has 0 unspecified atom stereocenters. The molecule has 0 saturated carbocycles. The first-order valence-electron chi connectivity index (χ1n) is 9.00. The minimum atomic E-state index is -0.508. The Kier molecular flexibility index (Phi) is 5.15. The Bertz CT molecular complexity index is 1260. The van der Waals surface area contributed by atoms with Gasteiger partial charge in [0, 0.05) is 5.69 Å². The van der Waals surface area contributed by atoms with Gasteiger partial charge in [-0.05, 0) is 49.2 Å². The second-order valence-corrected chi connectivity index (χ2v) is 7.63. The molecule has 2 heterocycles. The molecule has 4 aromatic rings. The number of thiazole rings is 1. The van der Waals surface area contributed by atoms with Crippen molar-refractivity contribution in [3.63, 3.8) is 0 Å². The van der Waals surface area contributed by atoms with Gasteiger partial charge < -0.3 is 15.4 Å². The van der Waals surface area contributed by atoms with E-state index in [0.717, 1.165) is 27.0 Å². The van der Waals surface area contributed by atoms with Gasteiger partial charge in [0.05, 0.1) is 22.2 Å². The first-order valence-corrected chi connectivity index (χ1v) is 9.81.